The normalized spacial score (nSPS) is 22.1. The van der Waals surface area contributed by atoms with Gasteiger partial charge >= 0.3 is 17.9 Å². The number of hydrogen-bond donors (Lipinski definition) is 5. The number of aliphatic hydroxyl groups is 2. The Labute approximate surface area is 237 Å². The zero-order chi connectivity index (χ0) is 30.5. The summed E-state index contributed by atoms with van der Waals surface area (Å²) in [4.78, 5) is 37.5. The number of aryl methyl sites for hydroxylation is 1. The third-order valence-corrected chi connectivity index (χ3v) is 7.40. The zero-order valence-corrected chi connectivity index (χ0v) is 23.7. The molecule has 2 saturated heterocycles. The molecule has 5 N–H and O–H groups in total. The summed E-state index contributed by atoms with van der Waals surface area (Å²) in [6.45, 7) is 4.90. The molecule has 1 aromatic heterocycles. The van der Waals surface area contributed by atoms with Crippen molar-refractivity contribution in [1.29, 1.82) is 0 Å². The number of carboxylic acids is 3. The summed E-state index contributed by atoms with van der Waals surface area (Å²) in [5.74, 6) is -2.66. The van der Waals surface area contributed by atoms with Crippen molar-refractivity contribution < 1.29 is 49.4 Å². The first-order valence-electron chi connectivity index (χ1n) is 13.4. The van der Waals surface area contributed by atoms with Crippen molar-refractivity contribution in [2.75, 3.05) is 7.11 Å². The van der Waals surface area contributed by atoms with E-state index in [4.69, 9.17) is 29.9 Å². The molecule has 0 radical (unpaired) electrons. The number of carboxylic acid groups (broad SMARTS) is 3. The third-order valence-electron chi connectivity index (χ3n) is 7.40. The van der Waals surface area contributed by atoms with E-state index in [2.05, 4.69) is 22.0 Å². The molecule has 226 valence electrons. The molecule has 2 atom stereocenters. The van der Waals surface area contributed by atoms with Crippen molar-refractivity contribution in [1.82, 2.24) is 14.5 Å². The number of imidazole rings is 1. The van der Waals surface area contributed by atoms with E-state index in [0.717, 1.165) is 49.6 Å². The summed E-state index contributed by atoms with van der Waals surface area (Å²) < 4.78 is 13.3. The molecule has 1 aromatic carbocycles. The van der Waals surface area contributed by atoms with E-state index >= 15 is 0 Å². The van der Waals surface area contributed by atoms with E-state index in [1.807, 2.05) is 37.7 Å². The van der Waals surface area contributed by atoms with Gasteiger partial charge in [-0.3, -0.25) is 14.5 Å². The molecule has 0 spiro atoms. The maximum atomic E-state index is 11.3. The van der Waals surface area contributed by atoms with Crippen LogP contribution in [0.15, 0.2) is 30.6 Å². The van der Waals surface area contributed by atoms with Gasteiger partial charge in [0.25, 0.3) is 0 Å². The molecule has 13 nitrogen and oxygen atoms in total. The number of benzene rings is 1. The average molecular weight is 578 g/mol. The first kappa shape index (κ1) is 31.8. The number of fused-ring (bicyclic) bond motifs is 2. The van der Waals surface area contributed by atoms with Crippen molar-refractivity contribution in [3.8, 4) is 11.5 Å². The molecular formula is C28H39N3O10. The van der Waals surface area contributed by atoms with Crippen molar-refractivity contribution in [2.45, 2.75) is 88.3 Å². The monoisotopic (exact) mass is 577 g/mol. The van der Waals surface area contributed by atoms with Crippen LogP contribution in [-0.2, 0) is 33.6 Å². The van der Waals surface area contributed by atoms with Gasteiger partial charge in [-0.25, -0.2) is 9.78 Å². The summed E-state index contributed by atoms with van der Waals surface area (Å²) in [6.07, 6.45) is 5.24. The van der Waals surface area contributed by atoms with Crippen molar-refractivity contribution in [2.24, 2.45) is 7.05 Å². The summed E-state index contributed by atoms with van der Waals surface area (Å²) in [7, 11) is 3.64. The van der Waals surface area contributed by atoms with Crippen LogP contribution in [0.5, 0.6) is 11.5 Å². The Morgan fingerprint density at radius 3 is 2.10 bits per heavy atom. The SMILES string of the molecule is COc1cc(CN2C3CCC2CC(O)(c2nccn2C)C3)ccc1OC(C)C.O=C(O)CC(O)(CC(=O)O)C(=O)O. The maximum Gasteiger partial charge on any atom is 0.336 e. The Hall–Kier alpha value is -3.68. The third kappa shape index (κ3) is 7.75. The smallest absolute Gasteiger partial charge is 0.336 e. The number of ether oxygens (including phenoxy) is 2. The molecule has 2 aliphatic rings. The Kier molecular flexibility index (Phi) is 10.0. The van der Waals surface area contributed by atoms with Crippen LogP contribution in [0.1, 0.15) is 63.8 Å². The summed E-state index contributed by atoms with van der Waals surface area (Å²) in [5.41, 5.74) is -2.35. The molecule has 2 aliphatic heterocycles. The fourth-order valence-corrected chi connectivity index (χ4v) is 5.66. The Bertz CT molecular complexity index is 1210. The van der Waals surface area contributed by atoms with Crippen LogP contribution in [0.4, 0.5) is 0 Å². The van der Waals surface area contributed by atoms with Crippen LogP contribution in [-0.4, -0.2) is 88.8 Å². The predicted octanol–water partition coefficient (Wildman–Crippen LogP) is 1.98. The lowest BCUT2D eigenvalue weighted by molar-refractivity contribution is -0.170. The minimum Gasteiger partial charge on any atom is -0.493 e. The van der Waals surface area contributed by atoms with E-state index in [9.17, 15) is 19.5 Å². The molecule has 13 heteroatoms. The first-order chi connectivity index (χ1) is 19.2. The van der Waals surface area contributed by atoms with Gasteiger partial charge in [-0.1, -0.05) is 6.07 Å². The van der Waals surface area contributed by atoms with Gasteiger partial charge in [0.05, 0.1) is 26.1 Å². The van der Waals surface area contributed by atoms with E-state index in [1.165, 1.54) is 5.56 Å². The minimum atomic E-state index is -2.74. The highest BCUT2D eigenvalue weighted by Gasteiger charge is 2.49. The van der Waals surface area contributed by atoms with Crippen molar-refractivity contribution in [3.05, 3.63) is 42.0 Å². The molecule has 0 amide bonds. The number of rotatable bonds is 11. The molecular weight excluding hydrogens is 538 g/mol. The van der Waals surface area contributed by atoms with Crippen LogP contribution >= 0.6 is 0 Å². The summed E-state index contributed by atoms with van der Waals surface area (Å²) in [6, 6.07) is 6.95. The van der Waals surface area contributed by atoms with Crippen LogP contribution in [0.3, 0.4) is 0 Å². The zero-order valence-electron chi connectivity index (χ0n) is 23.7. The quantitative estimate of drug-likeness (QED) is 0.261. The number of carbonyl (C=O) groups is 3. The fraction of sp³-hybridized carbons (Fsp3) is 0.571. The van der Waals surface area contributed by atoms with Crippen LogP contribution in [0.25, 0.3) is 0 Å². The van der Waals surface area contributed by atoms with Gasteiger partial charge in [-0.15, -0.1) is 0 Å². The molecule has 4 rings (SSSR count). The fourth-order valence-electron chi connectivity index (χ4n) is 5.66. The Morgan fingerprint density at radius 2 is 1.66 bits per heavy atom. The molecule has 0 aliphatic carbocycles. The number of nitrogens with zero attached hydrogens (tertiary/aromatic N) is 3. The van der Waals surface area contributed by atoms with Gasteiger partial charge in [-0.05, 0) is 57.2 Å². The second-order valence-electron chi connectivity index (χ2n) is 11.0. The van der Waals surface area contributed by atoms with Crippen molar-refractivity contribution >= 4 is 17.9 Å². The first-order valence-corrected chi connectivity index (χ1v) is 13.4. The highest BCUT2D eigenvalue weighted by Crippen LogP contribution is 2.46. The largest absolute Gasteiger partial charge is 0.493 e. The van der Waals surface area contributed by atoms with Crippen LogP contribution in [0, 0.1) is 0 Å². The van der Waals surface area contributed by atoms with Gasteiger partial charge in [0.15, 0.2) is 17.1 Å². The van der Waals surface area contributed by atoms with Crippen LogP contribution in [0.2, 0.25) is 0 Å². The molecule has 0 saturated carbocycles. The lowest BCUT2D eigenvalue weighted by Crippen LogP contribution is -2.50. The summed E-state index contributed by atoms with van der Waals surface area (Å²) >= 11 is 0. The number of aliphatic carboxylic acids is 3. The van der Waals surface area contributed by atoms with Gasteiger partial charge in [-0.2, -0.15) is 0 Å². The lowest BCUT2D eigenvalue weighted by atomic mass is 9.85. The Morgan fingerprint density at radius 1 is 1.07 bits per heavy atom. The van der Waals surface area contributed by atoms with Crippen LogP contribution < -0.4 is 9.47 Å². The molecule has 41 heavy (non-hydrogen) atoms. The molecule has 3 heterocycles. The Balaban J connectivity index is 0.000000302. The van der Waals surface area contributed by atoms with E-state index in [1.54, 1.807) is 13.3 Å². The number of aromatic nitrogens is 2. The highest BCUT2D eigenvalue weighted by atomic mass is 16.5. The molecule has 2 bridgehead atoms. The lowest BCUT2D eigenvalue weighted by Gasteiger charge is -2.43. The number of piperidine rings is 1. The number of methoxy groups -OCH3 is 1. The molecule has 2 aromatic rings. The van der Waals surface area contributed by atoms with Gasteiger partial charge < -0.3 is 39.6 Å². The number of hydrogen-bond acceptors (Lipinski definition) is 9. The maximum absolute atomic E-state index is 11.3. The molecule has 2 fully saturated rings. The topological polar surface area (TPSA) is 192 Å². The standard InChI is InChI=1S/C22H31N3O3.C6H8O7/c1-15(2)28-19-8-5-16(11-20(19)27-4)14-25-17-6-7-18(25)13-22(26,12-17)21-23-9-10-24(21)3;7-3(8)1-6(13,5(11)12)2-4(9)10/h5,8-11,15,17-18,26H,6-7,12-14H2,1-4H3;13H,1-2H2,(H,7,8)(H,9,10)(H,11,12). The van der Waals surface area contributed by atoms with Gasteiger partial charge in [0.1, 0.15) is 11.4 Å². The van der Waals surface area contributed by atoms with E-state index in [-0.39, 0.29) is 6.10 Å². The second-order valence-corrected chi connectivity index (χ2v) is 11.0. The predicted molar refractivity (Wildman–Crippen MR) is 145 cm³/mol. The van der Waals surface area contributed by atoms with Crippen molar-refractivity contribution in [3.63, 3.8) is 0 Å². The highest BCUT2D eigenvalue weighted by molar-refractivity contribution is 5.88. The minimum absolute atomic E-state index is 0.112. The molecule has 2 unspecified atom stereocenters. The summed E-state index contributed by atoms with van der Waals surface area (Å²) in [5, 5.41) is 45.1. The second kappa shape index (κ2) is 12.9. The van der Waals surface area contributed by atoms with E-state index in [0.29, 0.717) is 12.1 Å². The van der Waals surface area contributed by atoms with E-state index < -0.39 is 42.0 Å². The average Bonchev–Trinajstić information content (AvgIpc) is 3.40. The van der Waals surface area contributed by atoms with Gasteiger partial charge in [0.2, 0.25) is 0 Å². The van der Waals surface area contributed by atoms with Gasteiger partial charge in [0, 0.05) is 38.1 Å².